The molecule has 3 saturated heterocycles. The van der Waals surface area contributed by atoms with E-state index in [1.165, 1.54) is 25.9 Å². The second-order valence-corrected chi connectivity index (χ2v) is 5.67. The Morgan fingerprint density at radius 2 is 2.06 bits per heavy atom. The van der Waals surface area contributed by atoms with Gasteiger partial charge in [-0.15, -0.1) is 0 Å². The number of hydrogen-bond donors (Lipinski definition) is 2. The Balaban J connectivity index is 1.68. The summed E-state index contributed by atoms with van der Waals surface area (Å²) in [5.41, 5.74) is 0. The predicted molar refractivity (Wildman–Crippen MR) is 68.9 cm³/mol. The lowest BCUT2D eigenvalue weighted by atomic mass is 9.84. The van der Waals surface area contributed by atoms with Crippen molar-refractivity contribution >= 4 is 5.91 Å². The molecule has 1 unspecified atom stereocenters. The fraction of sp³-hybridized carbons (Fsp3) is 0.923. The van der Waals surface area contributed by atoms with Crippen LogP contribution in [0.2, 0.25) is 0 Å². The minimum Gasteiger partial charge on any atom is -0.352 e. The number of carbonyl (C=O) groups is 1. The summed E-state index contributed by atoms with van der Waals surface area (Å²) >= 11 is 0. The van der Waals surface area contributed by atoms with Gasteiger partial charge in [0.05, 0.1) is 0 Å². The van der Waals surface area contributed by atoms with Crippen LogP contribution in [0.5, 0.6) is 0 Å². The number of piperidine rings is 3. The number of nitrogens with one attached hydrogen (secondary N) is 2. The molecule has 0 saturated carbocycles. The lowest BCUT2D eigenvalue weighted by molar-refractivity contribution is -0.123. The molecule has 1 atom stereocenters. The molecular weight excluding hydrogens is 214 g/mol. The van der Waals surface area contributed by atoms with E-state index in [0.717, 1.165) is 19.0 Å². The van der Waals surface area contributed by atoms with Crippen LogP contribution in [-0.2, 0) is 4.79 Å². The lowest BCUT2D eigenvalue weighted by Gasteiger charge is -2.44. The number of fused-ring (bicyclic) bond motifs is 3. The van der Waals surface area contributed by atoms with Crippen LogP contribution in [0.4, 0.5) is 0 Å². The molecule has 0 aliphatic carbocycles. The number of amides is 1. The van der Waals surface area contributed by atoms with Crippen molar-refractivity contribution in [1.82, 2.24) is 15.5 Å². The molecule has 0 radical (unpaired) electrons. The van der Waals surface area contributed by atoms with Gasteiger partial charge in [0.15, 0.2) is 0 Å². The van der Waals surface area contributed by atoms with Crippen molar-refractivity contribution < 1.29 is 4.79 Å². The van der Waals surface area contributed by atoms with E-state index in [1.807, 2.05) is 0 Å². The molecule has 3 aliphatic heterocycles. The fourth-order valence-corrected chi connectivity index (χ4v) is 2.88. The van der Waals surface area contributed by atoms with Crippen molar-refractivity contribution in [3.63, 3.8) is 0 Å². The standard InChI is InChI=1S/C13H25N3O/c1-10(2)14-6-3-13(17)15-12-9-16-7-4-11(12)5-8-16/h10-12,14H,3-9H2,1-2H3,(H,15,17). The Bertz CT molecular complexity index is 259. The Labute approximate surface area is 104 Å². The number of nitrogens with zero attached hydrogens (tertiary/aromatic N) is 1. The number of rotatable bonds is 5. The third-order valence-electron chi connectivity index (χ3n) is 3.91. The normalized spacial score (nSPS) is 31.8. The van der Waals surface area contributed by atoms with E-state index in [2.05, 4.69) is 29.4 Å². The van der Waals surface area contributed by atoms with Gasteiger partial charge in [-0.3, -0.25) is 4.79 Å². The van der Waals surface area contributed by atoms with E-state index in [-0.39, 0.29) is 5.91 Å². The van der Waals surface area contributed by atoms with E-state index in [1.54, 1.807) is 0 Å². The van der Waals surface area contributed by atoms with Crippen LogP contribution in [0.3, 0.4) is 0 Å². The van der Waals surface area contributed by atoms with E-state index in [4.69, 9.17) is 0 Å². The third-order valence-corrected chi connectivity index (χ3v) is 3.91. The van der Waals surface area contributed by atoms with Gasteiger partial charge in [-0.05, 0) is 31.8 Å². The molecule has 3 fully saturated rings. The Morgan fingerprint density at radius 3 is 2.59 bits per heavy atom. The molecule has 0 aromatic heterocycles. The zero-order valence-electron chi connectivity index (χ0n) is 11.0. The highest BCUT2D eigenvalue weighted by molar-refractivity contribution is 5.76. The van der Waals surface area contributed by atoms with Crippen LogP contribution in [0.25, 0.3) is 0 Å². The van der Waals surface area contributed by atoms with Gasteiger partial charge in [0.1, 0.15) is 0 Å². The molecule has 1 amide bonds. The van der Waals surface area contributed by atoms with Crippen LogP contribution in [0.15, 0.2) is 0 Å². The van der Waals surface area contributed by atoms with E-state index in [0.29, 0.717) is 18.5 Å². The first kappa shape index (κ1) is 12.8. The zero-order chi connectivity index (χ0) is 12.3. The molecular formula is C13H25N3O. The van der Waals surface area contributed by atoms with Gasteiger partial charge in [-0.25, -0.2) is 0 Å². The second-order valence-electron chi connectivity index (χ2n) is 5.67. The minimum absolute atomic E-state index is 0.205. The third kappa shape index (κ3) is 3.68. The first-order chi connectivity index (χ1) is 8.15. The lowest BCUT2D eigenvalue weighted by Crippen LogP contribution is -2.57. The van der Waals surface area contributed by atoms with Crippen LogP contribution >= 0.6 is 0 Å². The zero-order valence-corrected chi connectivity index (χ0v) is 11.0. The van der Waals surface area contributed by atoms with Crippen LogP contribution < -0.4 is 10.6 Å². The van der Waals surface area contributed by atoms with Gasteiger partial charge in [0.25, 0.3) is 0 Å². The average molecular weight is 239 g/mol. The fourth-order valence-electron chi connectivity index (χ4n) is 2.88. The van der Waals surface area contributed by atoms with E-state index >= 15 is 0 Å². The summed E-state index contributed by atoms with van der Waals surface area (Å²) in [6.07, 6.45) is 3.12. The monoisotopic (exact) mass is 239 g/mol. The van der Waals surface area contributed by atoms with Crippen molar-refractivity contribution in [1.29, 1.82) is 0 Å². The molecule has 2 bridgehead atoms. The van der Waals surface area contributed by atoms with Gasteiger partial charge in [-0.1, -0.05) is 13.8 Å². The Morgan fingerprint density at radius 1 is 1.35 bits per heavy atom. The van der Waals surface area contributed by atoms with Gasteiger partial charge in [0, 0.05) is 31.6 Å². The van der Waals surface area contributed by atoms with Crippen LogP contribution in [0, 0.1) is 5.92 Å². The summed E-state index contributed by atoms with van der Waals surface area (Å²) < 4.78 is 0. The molecule has 3 rings (SSSR count). The molecule has 0 aromatic carbocycles. The quantitative estimate of drug-likeness (QED) is 0.738. The van der Waals surface area contributed by atoms with E-state index in [9.17, 15) is 4.79 Å². The van der Waals surface area contributed by atoms with Crippen LogP contribution in [0.1, 0.15) is 33.1 Å². The summed E-state index contributed by atoms with van der Waals surface area (Å²) in [4.78, 5) is 14.3. The van der Waals surface area contributed by atoms with Gasteiger partial charge in [0.2, 0.25) is 5.91 Å². The summed E-state index contributed by atoms with van der Waals surface area (Å²) in [5.74, 6) is 0.930. The highest BCUT2D eigenvalue weighted by atomic mass is 16.1. The van der Waals surface area contributed by atoms with E-state index < -0.39 is 0 Å². The summed E-state index contributed by atoms with van der Waals surface area (Å²) in [6, 6.07) is 0.864. The molecule has 0 spiro atoms. The maximum Gasteiger partial charge on any atom is 0.221 e. The van der Waals surface area contributed by atoms with Gasteiger partial charge < -0.3 is 15.5 Å². The molecule has 3 heterocycles. The molecule has 0 aromatic rings. The van der Waals surface area contributed by atoms with Crippen molar-refractivity contribution in [2.75, 3.05) is 26.2 Å². The highest BCUT2D eigenvalue weighted by Gasteiger charge is 2.34. The SMILES string of the molecule is CC(C)NCCC(=O)NC1CN2CCC1CC2. The van der Waals surface area contributed by atoms with Crippen molar-refractivity contribution in [2.45, 2.75) is 45.2 Å². The Kier molecular flexibility index (Phi) is 4.40. The average Bonchev–Trinajstić information content (AvgIpc) is 2.30. The maximum atomic E-state index is 11.8. The summed E-state index contributed by atoms with van der Waals surface area (Å²) in [7, 11) is 0. The molecule has 4 nitrogen and oxygen atoms in total. The molecule has 98 valence electrons. The minimum atomic E-state index is 0.205. The molecule has 2 N–H and O–H groups in total. The smallest absolute Gasteiger partial charge is 0.221 e. The van der Waals surface area contributed by atoms with Gasteiger partial charge >= 0.3 is 0 Å². The largest absolute Gasteiger partial charge is 0.352 e. The first-order valence-electron chi connectivity index (χ1n) is 6.90. The predicted octanol–water partition coefficient (Wildman–Crippen LogP) is 0.585. The highest BCUT2D eigenvalue weighted by Crippen LogP contribution is 2.27. The van der Waals surface area contributed by atoms with Crippen molar-refractivity contribution in [3.8, 4) is 0 Å². The first-order valence-corrected chi connectivity index (χ1v) is 6.90. The summed E-state index contributed by atoms with van der Waals surface area (Å²) in [6.45, 7) is 8.51. The Hall–Kier alpha value is -0.610. The second kappa shape index (κ2) is 5.83. The molecule has 3 aliphatic rings. The molecule has 4 heteroatoms. The van der Waals surface area contributed by atoms with Crippen LogP contribution in [-0.4, -0.2) is 49.1 Å². The maximum absolute atomic E-state index is 11.8. The summed E-state index contributed by atoms with van der Waals surface area (Å²) in [5, 5.41) is 6.48. The van der Waals surface area contributed by atoms with Crippen molar-refractivity contribution in [3.05, 3.63) is 0 Å². The topological polar surface area (TPSA) is 44.4 Å². The number of carbonyl (C=O) groups excluding carboxylic acids is 1. The van der Waals surface area contributed by atoms with Gasteiger partial charge in [-0.2, -0.15) is 0 Å². The number of hydrogen-bond acceptors (Lipinski definition) is 3. The molecule has 17 heavy (non-hydrogen) atoms. The van der Waals surface area contributed by atoms with Crippen molar-refractivity contribution in [2.24, 2.45) is 5.92 Å².